The summed E-state index contributed by atoms with van der Waals surface area (Å²) in [5, 5.41) is 0. The van der Waals surface area contributed by atoms with Gasteiger partial charge in [0, 0.05) is 31.5 Å². The van der Waals surface area contributed by atoms with Gasteiger partial charge in [0.25, 0.3) is 0 Å². The second-order valence-electron chi connectivity index (χ2n) is 5.24. The summed E-state index contributed by atoms with van der Waals surface area (Å²) >= 11 is 0. The lowest BCUT2D eigenvalue weighted by Gasteiger charge is -2.42. The van der Waals surface area contributed by atoms with Gasteiger partial charge in [-0.25, -0.2) is 0 Å². The predicted octanol–water partition coefficient (Wildman–Crippen LogP) is 2.22. The molecule has 1 saturated carbocycles. The van der Waals surface area contributed by atoms with Crippen LogP contribution in [0, 0.1) is 6.92 Å². The van der Waals surface area contributed by atoms with Gasteiger partial charge < -0.3 is 10.5 Å². The van der Waals surface area contributed by atoms with Gasteiger partial charge in [0.05, 0.1) is 5.60 Å². The van der Waals surface area contributed by atoms with E-state index >= 15 is 0 Å². The van der Waals surface area contributed by atoms with E-state index < -0.39 is 0 Å². The smallest absolute Gasteiger partial charge is 0.0693 e. The number of nitrogens with two attached hydrogens (primary N) is 1. The first-order chi connectivity index (χ1) is 8.13. The Morgan fingerprint density at radius 2 is 2.24 bits per heavy atom. The molecule has 1 aromatic heterocycles. The second kappa shape index (κ2) is 5.15. The third kappa shape index (κ3) is 3.05. The molecule has 17 heavy (non-hydrogen) atoms. The van der Waals surface area contributed by atoms with Gasteiger partial charge >= 0.3 is 0 Å². The number of nitrogens with zero attached hydrogens (tertiary/aromatic N) is 1. The summed E-state index contributed by atoms with van der Waals surface area (Å²) < 4.78 is 5.60. The van der Waals surface area contributed by atoms with Crippen molar-refractivity contribution in [2.75, 3.05) is 7.11 Å². The summed E-state index contributed by atoms with van der Waals surface area (Å²) in [5.41, 5.74) is 8.52. The summed E-state index contributed by atoms with van der Waals surface area (Å²) in [5.74, 6) is 0. The van der Waals surface area contributed by atoms with Crippen molar-refractivity contribution in [2.45, 2.75) is 50.7 Å². The Morgan fingerprint density at radius 1 is 1.47 bits per heavy atom. The maximum absolute atomic E-state index is 6.19. The zero-order chi connectivity index (χ0) is 12.3. The van der Waals surface area contributed by atoms with E-state index in [-0.39, 0.29) is 11.6 Å². The van der Waals surface area contributed by atoms with Crippen LogP contribution in [0.3, 0.4) is 0 Å². The van der Waals surface area contributed by atoms with Crippen molar-refractivity contribution in [1.82, 2.24) is 4.98 Å². The van der Waals surface area contributed by atoms with Gasteiger partial charge in [-0.2, -0.15) is 0 Å². The molecule has 3 heteroatoms. The van der Waals surface area contributed by atoms with E-state index in [1.165, 1.54) is 12.0 Å². The molecule has 0 bridgehead atoms. The zero-order valence-electron chi connectivity index (χ0n) is 10.8. The van der Waals surface area contributed by atoms with Crippen LogP contribution < -0.4 is 5.73 Å². The second-order valence-corrected chi connectivity index (χ2v) is 5.24. The molecule has 0 saturated heterocycles. The Kier molecular flexibility index (Phi) is 3.79. The minimum atomic E-state index is 0.0596. The fraction of sp³-hybridized carbons (Fsp3) is 0.643. The number of ether oxygens (including phenoxy) is 1. The van der Waals surface area contributed by atoms with Crippen LogP contribution in [0.15, 0.2) is 18.3 Å². The molecule has 0 aromatic carbocycles. The van der Waals surface area contributed by atoms with Crippen molar-refractivity contribution in [2.24, 2.45) is 5.73 Å². The number of methoxy groups -OCH3 is 1. The molecule has 94 valence electrons. The van der Waals surface area contributed by atoms with Crippen LogP contribution >= 0.6 is 0 Å². The van der Waals surface area contributed by atoms with Crippen LogP contribution in [0.25, 0.3) is 0 Å². The quantitative estimate of drug-likeness (QED) is 0.849. The van der Waals surface area contributed by atoms with E-state index in [1.807, 2.05) is 13.1 Å². The normalized spacial score (nSPS) is 19.7. The van der Waals surface area contributed by atoms with E-state index in [9.17, 15) is 0 Å². The Morgan fingerprint density at radius 3 is 2.71 bits per heavy atom. The molecule has 2 N–H and O–H groups in total. The molecule has 0 amide bonds. The van der Waals surface area contributed by atoms with Gasteiger partial charge in [-0.1, -0.05) is 6.07 Å². The molecule has 1 aliphatic carbocycles. The van der Waals surface area contributed by atoms with Gasteiger partial charge in [-0.15, -0.1) is 0 Å². The third-order valence-corrected chi connectivity index (χ3v) is 3.78. The van der Waals surface area contributed by atoms with Crippen molar-refractivity contribution >= 4 is 0 Å². The van der Waals surface area contributed by atoms with Crippen LogP contribution in [0.4, 0.5) is 0 Å². The first-order valence-corrected chi connectivity index (χ1v) is 6.36. The van der Waals surface area contributed by atoms with Crippen LogP contribution in [0.5, 0.6) is 0 Å². The summed E-state index contributed by atoms with van der Waals surface area (Å²) in [6, 6.07) is 4.30. The van der Waals surface area contributed by atoms with E-state index in [1.54, 1.807) is 7.11 Å². The van der Waals surface area contributed by atoms with Gasteiger partial charge in [0.2, 0.25) is 0 Å². The summed E-state index contributed by atoms with van der Waals surface area (Å²) in [6.45, 7) is 2.05. The predicted molar refractivity (Wildman–Crippen MR) is 68.9 cm³/mol. The fourth-order valence-corrected chi connectivity index (χ4v) is 2.50. The molecule has 3 nitrogen and oxygen atoms in total. The number of aryl methyl sites for hydroxylation is 1. The van der Waals surface area contributed by atoms with Crippen LogP contribution in [0.1, 0.15) is 36.9 Å². The average molecular weight is 234 g/mol. The first kappa shape index (κ1) is 12.5. The van der Waals surface area contributed by atoms with Crippen LogP contribution in [0.2, 0.25) is 0 Å². The van der Waals surface area contributed by atoms with E-state index in [0.29, 0.717) is 0 Å². The summed E-state index contributed by atoms with van der Waals surface area (Å²) in [6.07, 6.45) is 7.25. The molecule has 1 unspecified atom stereocenters. The molecule has 1 aromatic rings. The van der Waals surface area contributed by atoms with E-state index in [0.717, 1.165) is 31.4 Å². The van der Waals surface area contributed by atoms with Crippen molar-refractivity contribution in [3.05, 3.63) is 29.6 Å². The lowest BCUT2D eigenvalue weighted by molar-refractivity contribution is -0.0813. The standard InChI is InChI=1S/C14H22N2O/c1-11-4-5-13(16-10-11)8-12(15)9-14(17-2)6-3-7-14/h4-5,10,12H,3,6-9,15H2,1-2H3. The minimum absolute atomic E-state index is 0.0596. The highest BCUT2D eigenvalue weighted by Gasteiger charge is 2.38. The Bertz CT molecular complexity index is 351. The summed E-state index contributed by atoms with van der Waals surface area (Å²) in [4.78, 5) is 4.40. The van der Waals surface area contributed by atoms with Gasteiger partial charge in [-0.3, -0.25) is 4.98 Å². The van der Waals surface area contributed by atoms with E-state index in [4.69, 9.17) is 10.5 Å². The molecular formula is C14H22N2O. The topological polar surface area (TPSA) is 48.1 Å². The maximum atomic E-state index is 6.19. The number of hydrogen-bond acceptors (Lipinski definition) is 3. The number of hydrogen-bond donors (Lipinski definition) is 1. The summed E-state index contributed by atoms with van der Waals surface area (Å²) in [7, 11) is 1.80. The molecule has 1 heterocycles. The van der Waals surface area contributed by atoms with Gasteiger partial charge in [0.1, 0.15) is 0 Å². The lowest BCUT2D eigenvalue weighted by Crippen LogP contribution is -2.45. The van der Waals surface area contributed by atoms with E-state index in [2.05, 4.69) is 17.1 Å². The van der Waals surface area contributed by atoms with Crippen molar-refractivity contribution in [3.8, 4) is 0 Å². The zero-order valence-corrected chi connectivity index (χ0v) is 10.8. The fourth-order valence-electron chi connectivity index (χ4n) is 2.50. The van der Waals surface area contributed by atoms with Crippen molar-refractivity contribution in [1.29, 1.82) is 0 Å². The molecule has 0 radical (unpaired) electrons. The van der Waals surface area contributed by atoms with Crippen molar-refractivity contribution < 1.29 is 4.74 Å². The number of aromatic nitrogens is 1. The van der Waals surface area contributed by atoms with Crippen molar-refractivity contribution in [3.63, 3.8) is 0 Å². The third-order valence-electron chi connectivity index (χ3n) is 3.78. The lowest BCUT2D eigenvalue weighted by atomic mass is 9.75. The largest absolute Gasteiger partial charge is 0.378 e. The highest BCUT2D eigenvalue weighted by molar-refractivity contribution is 5.13. The molecule has 2 rings (SSSR count). The first-order valence-electron chi connectivity index (χ1n) is 6.36. The van der Waals surface area contributed by atoms with Gasteiger partial charge in [-0.05, 0) is 44.2 Å². The number of rotatable bonds is 5. The molecule has 0 spiro atoms. The number of pyridine rings is 1. The Labute approximate surface area is 103 Å². The van der Waals surface area contributed by atoms with Crippen LogP contribution in [-0.2, 0) is 11.2 Å². The molecule has 1 fully saturated rings. The average Bonchev–Trinajstić information content (AvgIpc) is 2.27. The highest BCUT2D eigenvalue weighted by atomic mass is 16.5. The molecule has 0 aliphatic heterocycles. The monoisotopic (exact) mass is 234 g/mol. The minimum Gasteiger partial charge on any atom is -0.378 e. The Hall–Kier alpha value is -0.930. The highest BCUT2D eigenvalue weighted by Crippen LogP contribution is 2.38. The molecular weight excluding hydrogens is 212 g/mol. The molecule has 1 atom stereocenters. The maximum Gasteiger partial charge on any atom is 0.0693 e. The Balaban J connectivity index is 1.88. The SMILES string of the molecule is COC1(CC(N)Cc2ccc(C)cn2)CCC1. The van der Waals surface area contributed by atoms with Crippen LogP contribution in [-0.4, -0.2) is 23.7 Å². The molecule has 1 aliphatic rings. The van der Waals surface area contributed by atoms with Gasteiger partial charge in [0.15, 0.2) is 0 Å².